The topological polar surface area (TPSA) is 16.4 Å². The number of hydrogen-bond acceptors (Lipinski definition) is 3. The zero-order valence-electron chi connectivity index (χ0n) is 25.3. The first-order valence-corrected chi connectivity index (χ1v) is 16.4. The van der Waals surface area contributed by atoms with E-state index in [4.69, 9.17) is 4.42 Å². The van der Waals surface area contributed by atoms with Crippen LogP contribution in [0.5, 0.6) is 0 Å². The zero-order chi connectivity index (χ0) is 30.6. The van der Waals surface area contributed by atoms with E-state index in [1.54, 1.807) is 0 Å². The van der Waals surface area contributed by atoms with Gasteiger partial charge in [-0.1, -0.05) is 109 Å². The van der Waals surface area contributed by atoms with E-state index in [2.05, 4.69) is 163 Å². The van der Waals surface area contributed by atoms with Crippen LogP contribution in [0.25, 0.3) is 64.4 Å². The summed E-state index contributed by atoms with van der Waals surface area (Å²) in [4.78, 5) is 2.32. The maximum Gasteiger partial charge on any atom is 0.136 e. The molecule has 46 heavy (non-hydrogen) atoms. The highest BCUT2D eigenvalue weighted by Crippen LogP contribution is 2.45. The molecule has 0 saturated carbocycles. The lowest BCUT2D eigenvalue weighted by Gasteiger charge is -2.26. The minimum atomic E-state index is 0.936. The number of rotatable bonds is 5. The Morgan fingerprint density at radius 2 is 1.02 bits per heavy atom. The first-order chi connectivity index (χ1) is 22.7. The first kappa shape index (κ1) is 26.7. The Hall–Kier alpha value is -5.64. The fourth-order valence-electron chi connectivity index (χ4n) is 6.66. The van der Waals surface area contributed by atoms with Crippen LogP contribution in [-0.2, 0) is 0 Å². The summed E-state index contributed by atoms with van der Waals surface area (Å²) < 4.78 is 8.80. The van der Waals surface area contributed by atoms with Gasteiger partial charge in [-0.3, -0.25) is 0 Å². The highest BCUT2D eigenvalue weighted by atomic mass is 32.1. The van der Waals surface area contributed by atoms with Crippen molar-refractivity contribution in [2.75, 3.05) is 4.90 Å². The van der Waals surface area contributed by atoms with Crippen LogP contribution in [-0.4, -0.2) is 0 Å². The lowest BCUT2D eigenvalue weighted by Crippen LogP contribution is -2.09. The zero-order valence-corrected chi connectivity index (χ0v) is 26.1. The summed E-state index contributed by atoms with van der Waals surface area (Å²) in [6, 6.07) is 56.5. The molecule has 2 aromatic heterocycles. The van der Waals surface area contributed by atoms with Crippen LogP contribution < -0.4 is 4.90 Å². The van der Waals surface area contributed by atoms with Gasteiger partial charge in [0.25, 0.3) is 0 Å². The number of nitrogens with zero attached hydrogens (tertiary/aromatic N) is 1. The number of furan rings is 1. The minimum Gasteiger partial charge on any atom is -0.456 e. The third kappa shape index (κ3) is 4.40. The normalized spacial score (nSPS) is 11.6. The summed E-state index contributed by atoms with van der Waals surface area (Å²) in [6.45, 7) is 2.12. The van der Waals surface area contributed by atoms with E-state index < -0.39 is 0 Å². The molecule has 0 aliphatic rings. The van der Waals surface area contributed by atoms with Crippen molar-refractivity contribution in [3.05, 3.63) is 163 Å². The average Bonchev–Trinajstić information content (AvgIpc) is 3.68. The molecule has 0 radical (unpaired) electrons. The summed E-state index contributed by atoms with van der Waals surface area (Å²) >= 11 is 1.87. The highest BCUT2D eigenvalue weighted by molar-refractivity contribution is 7.27. The number of fused-ring (bicyclic) bond motifs is 7. The first-order valence-electron chi connectivity index (χ1n) is 15.6. The van der Waals surface area contributed by atoms with Gasteiger partial charge in [0, 0.05) is 48.0 Å². The number of aryl methyl sites for hydroxylation is 1. The van der Waals surface area contributed by atoms with Gasteiger partial charge in [-0.2, -0.15) is 0 Å². The quantitative estimate of drug-likeness (QED) is 0.193. The molecule has 0 fully saturated rings. The summed E-state index contributed by atoms with van der Waals surface area (Å²) in [7, 11) is 0. The second kappa shape index (κ2) is 10.8. The van der Waals surface area contributed by atoms with Crippen LogP contribution >= 0.6 is 11.3 Å². The van der Waals surface area contributed by atoms with Gasteiger partial charge in [-0.15, -0.1) is 11.3 Å². The van der Waals surface area contributed by atoms with E-state index in [1.165, 1.54) is 58.8 Å². The molecule has 0 aliphatic heterocycles. The smallest absolute Gasteiger partial charge is 0.136 e. The Kier molecular flexibility index (Phi) is 6.25. The SMILES string of the molecule is Cc1ccc(-c2ccc(N(c3ccccc3)c3ccc(-c4cccc5c4sc4c5ccc5oc6ccccc6c54)cc3)cc2)cc1. The second-order valence-electron chi connectivity index (χ2n) is 11.8. The van der Waals surface area contributed by atoms with Gasteiger partial charge in [0.15, 0.2) is 0 Å². The van der Waals surface area contributed by atoms with Gasteiger partial charge < -0.3 is 9.32 Å². The maximum absolute atomic E-state index is 6.22. The minimum absolute atomic E-state index is 0.936. The van der Waals surface area contributed by atoms with Crippen molar-refractivity contribution in [3.63, 3.8) is 0 Å². The van der Waals surface area contributed by atoms with Crippen LogP contribution in [0.15, 0.2) is 162 Å². The molecule has 2 nitrogen and oxygen atoms in total. The fraction of sp³-hybridized carbons (Fsp3) is 0.0233. The lowest BCUT2D eigenvalue weighted by molar-refractivity contribution is 0.669. The fourth-order valence-corrected chi connectivity index (χ4v) is 8.04. The second-order valence-corrected chi connectivity index (χ2v) is 12.8. The molecule has 3 heteroatoms. The largest absolute Gasteiger partial charge is 0.456 e. The summed E-state index contributed by atoms with van der Waals surface area (Å²) in [6.07, 6.45) is 0. The van der Waals surface area contributed by atoms with Crippen molar-refractivity contribution in [3.8, 4) is 22.3 Å². The number of benzene rings is 7. The Bertz CT molecular complexity index is 2510. The van der Waals surface area contributed by atoms with Crippen LogP contribution in [0.4, 0.5) is 17.1 Å². The van der Waals surface area contributed by atoms with E-state index in [9.17, 15) is 0 Å². The van der Waals surface area contributed by atoms with Crippen molar-refractivity contribution >= 4 is 70.5 Å². The van der Waals surface area contributed by atoms with E-state index in [1.807, 2.05) is 17.4 Å². The molecule has 9 aromatic rings. The van der Waals surface area contributed by atoms with Gasteiger partial charge in [-0.25, -0.2) is 0 Å². The van der Waals surface area contributed by atoms with Crippen LogP contribution in [0.2, 0.25) is 0 Å². The molecule has 0 atom stereocenters. The van der Waals surface area contributed by atoms with Crippen molar-refractivity contribution < 1.29 is 4.42 Å². The third-order valence-electron chi connectivity index (χ3n) is 8.97. The molecule has 9 rings (SSSR count). The Morgan fingerprint density at radius 3 is 1.76 bits per heavy atom. The molecule has 0 bridgehead atoms. The summed E-state index contributed by atoms with van der Waals surface area (Å²) in [5.74, 6) is 0. The summed E-state index contributed by atoms with van der Waals surface area (Å²) in [5, 5.41) is 4.95. The molecule has 0 amide bonds. The van der Waals surface area contributed by atoms with E-state index in [0.717, 1.165) is 28.2 Å². The van der Waals surface area contributed by atoms with E-state index >= 15 is 0 Å². The van der Waals surface area contributed by atoms with Gasteiger partial charge in [0.1, 0.15) is 11.2 Å². The van der Waals surface area contributed by atoms with Crippen LogP contribution in [0.1, 0.15) is 5.56 Å². The van der Waals surface area contributed by atoms with Gasteiger partial charge >= 0.3 is 0 Å². The van der Waals surface area contributed by atoms with Crippen molar-refractivity contribution in [1.29, 1.82) is 0 Å². The Balaban J connectivity index is 1.13. The Labute approximate surface area is 271 Å². The molecule has 218 valence electrons. The number of para-hydroxylation sites is 2. The standard InChI is InChI=1S/C43H29NOS/c1-28-14-16-29(17-15-28)30-18-22-33(23-19-30)44(32-8-3-2-4-9-32)34-24-20-31(21-25-34)35-11-7-12-36-37-26-27-40-41(43(37)46-42(35)36)38-10-5-6-13-39(38)45-40/h2-27H,1H3. The predicted molar refractivity (Wildman–Crippen MR) is 197 cm³/mol. The van der Waals surface area contributed by atoms with Crippen LogP contribution in [0.3, 0.4) is 0 Å². The average molecular weight is 608 g/mol. The van der Waals surface area contributed by atoms with E-state index in [0.29, 0.717) is 0 Å². The lowest BCUT2D eigenvalue weighted by atomic mass is 10.0. The molecular weight excluding hydrogens is 579 g/mol. The summed E-state index contributed by atoms with van der Waals surface area (Å²) in [5.41, 5.74) is 11.4. The molecule has 2 heterocycles. The number of hydrogen-bond donors (Lipinski definition) is 0. The molecular formula is C43H29NOS. The van der Waals surface area contributed by atoms with Gasteiger partial charge in [0.2, 0.25) is 0 Å². The Morgan fingerprint density at radius 1 is 0.435 bits per heavy atom. The molecule has 0 aliphatic carbocycles. The predicted octanol–water partition coefficient (Wildman–Crippen LogP) is 13.1. The van der Waals surface area contributed by atoms with Crippen molar-refractivity contribution in [1.82, 2.24) is 0 Å². The van der Waals surface area contributed by atoms with Crippen molar-refractivity contribution in [2.24, 2.45) is 0 Å². The highest BCUT2D eigenvalue weighted by Gasteiger charge is 2.17. The van der Waals surface area contributed by atoms with E-state index in [-0.39, 0.29) is 0 Å². The molecule has 0 unspecified atom stereocenters. The molecule has 0 saturated heterocycles. The van der Waals surface area contributed by atoms with Crippen molar-refractivity contribution in [2.45, 2.75) is 6.92 Å². The number of thiophene rings is 1. The van der Waals surface area contributed by atoms with Gasteiger partial charge in [0.05, 0.1) is 0 Å². The molecule has 7 aromatic carbocycles. The van der Waals surface area contributed by atoms with Gasteiger partial charge in [-0.05, 0) is 83.8 Å². The monoisotopic (exact) mass is 607 g/mol. The van der Waals surface area contributed by atoms with Crippen LogP contribution in [0, 0.1) is 6.92 Å². The third-order valence-corrected chi connectivity index (χ3v) is 10.2. The number of anilines is 3. The molecule has 0 spiro atoms. The molecule has 0 N–H and O–H groups in total. The maximum atomic E-state index is 6.22.